The first-order chi connectivity index (χ1) is 7.81. The van der Waals surface area contributed by atoms with Gasteiger partial charge in [0.05, 0.1) is 0 Å². The SMILES string of the molecule is BC(CCCCCCC)CCCCCCC. The molecule has 16 heavy (non-hydrogen) atoms. The van der Waals surface area contributed by atoms with Gasteiger partial charge in [0.1, 0.15) is 7.85 Å². The molecule has 0 aliphatic heterocycles. The molecule has 0 saturated carbocycles. The maximum absolute atomic E-state index is 2.44. The molecule has 0 unspecified atom stereocenters. The summed E-state index contributed by atoms with van der Waals surface area (Å²) in [5, 5.41) is 0. The van der Waals surface area contributed by atoms with E-state index in [0.29, 0.717) is 0 Å². The van der Waals surface area contributed by atoms with Crippen molar-refractivity contribution in [2.24, 2.45) is 0 Å². The molecule has 1 heteroatoms. The third-order valence-electron chi connectivity index (χ3n) is 3.60. The summed E-state index contributed by atoms with van der Waals surface area (Å²) in [5.41, 5.74) is 0. The lowest BCUT2D eigenvalue weighted by Gasteiger charge is -2.10. The topological polar surface area (TPSA) is 0 Å². The van der Waals surface area contributed by atoms with Crippen LogP contribution in [0.4, 0.5) is 0 Å². The first-order valence-corrected chi connectivity index (χ1v) is 7.81. The maximum atomic E-state index is 2.44. The lowest BCUT2D eigenvalue weighted by atomic mass is 9.79. The second-order valence-electron chi connectivity index (χ2n) is 5.51. The van der Waals surface area contributed by atoms with Crippen molar-refractivity contribution in [3.05, 3.63) is 0 Å². The Balaban J connectivity index is 3.09. The first kappa shape index (κ1) is 16.1. The van der Waals surface area contributed by atoms with Gasteiger partial charge in [-0.1, -0.05) is 96.7 Å². The Bertz CT molecular complexity index is 109. The zero-order valence-electron chi connectivity index (χ0n) is 12.1. The van der Waals surface area contributed by atoms with Crippen LogP contribution in [0.5, 0.6) is 0 Å². The number of unbranched alkanes of at least 4 members (excludes halogenated alkanes) is 8. The molecule has 0 atom stereocenters. The first-order valence-electron chi connectivity index (χ1n) is 7.81. The van der Waals surface area contributed by atoms with E-state index in [0.717, 1.165) is 5.82 Å². The zero-order chi connectivity index (χ0) is 12.1. The molecule has 96 valence electrons. The van der Waals surface area contributed by atoms with Crippen LogP contribution in [0.25, 0.3) is 0 Å². The van der Waals surface area contributed by atoms with Gasteiger partial charge in [0.15, 0.2) is 0 Å². The van der Waals surface area contributed by atoms with Crippen molar-refractivity contribution < 1.29 is 0 Å². The largest absolute Gasteiger partial charge is 0.105 e. The van der Waals surface area contributed by atoms with E-state index in [1.54, 1.807) is 0 Å². The van der Waals surface area contributed by atoms with Gasteiger partial charge < -0.3 is 0 Å². The van der Waals surface area contributed by atoms with Gasteiger partial charge in [0.2, 0.25) is 0 Å². The third kappa shape index (κ3) is 12.1. The highest BCUT2D eigenvalue weighted by Crippen LogP contribution is 2.20. The fourth-order valence-electron chi connectivity index (χ4n) is 2.34. The van der Waals surface area contributed by atoms with E-state index >= 15 is 0 Å². The minimum atomic E-state index is 0.975. The summed E-state index contributed by atoms with van der Waals surface area (Å²) in [6.45, 7) is 4.58. The van der Waals surface area contributed by atoms with E-state index in [4.69, 9.17) is 0 Å². The number of hydrogen-bond donors (Lipinski definition) is 0. The molecule has 0 aromatic heterocycles. The number of rotatable bonds is 12. The van der Waals surface area contributed by atoms with Crippen molar-refractivity contribution in [2.45, 2.75) is 96.7 Å². The Kier molecular flexibility index (Phi) is 13.2. The van der Waals surface area contributed by atoms with Crippen LogP contribution in [0.2, 0.25) is 5.82 Å². The molecule has 0 saturated heterocycles. The van der Waals surface area contributed by atoms with Gasteiger partial charge in [-0.15, -0.1) is 0 Å². The normalized spacial score (nSPS) is 11.2. The van der Waals surface area contributed by atoms with Crippen molar-refractivity contribution in [1.82, 2.24) is 0 Å². The van der Waals surface area contributed by atoms with Crippen LogP contribution in [0.1, 0.15) is 90.9 Å². The van der Waals surface area contributed by atoms with Gasteiger partial charge in [0.25, 0.3) is 0 Å². The summed E-state index contributed by atoms with van der Waals surface area (Å²) < 4.78 is 0. The van der Waals surface area contributed by atoms with Crippen molar-refractivity contribution in [1.29, 1.82) is 0 Å². The number of hydrogen-bond acceptors (Lipinski definition) is 0. The fraction of sp³-hybridized carbons (Fsp3) is 1.00. The predicted octanol–water partition coefficient (Wildman–Crippen LogP) is 5.13. The molecule has 0 aromatic rings. The van der Waals surface area contributed by atoms with Crippen LogP contribution in [0, 0.1) is 0 Å². The summed E-state index contributed by atoms with van der Waals surface area (Å²) in [4.78, 5) is 0. The molecule has 0 aliphatic carbocycles. The Labute approximate surface area is 105 Å². The van der Waals surface area contributed by atoms with E-state index in [-0.39, 0.29) is 0 Å². The Morgan fingerprint density at radius 3 is 1.38 bits per heavy atom. The second-order valence-corrected chi connectivity index (χ2v) is 5.51. The van der Waals surface area contributed by atoms with Crippen LogP contribution in [-0.4, -0.2) is 7.85 Å². The molecule has 0 aromatic carbocycles. The Hall–Kier alpha value is 0.0649. The van der Waals surface area contributed by atoms with Crippen LogP contribution >= 0.6 is 0 Å². The van der Waals surface area contributed by atoms with Gasteiger partial charge in [-0.05, 0) is 0 Å². The van der Waals surface area contributed by atoms with Gasteiger partial charge in [-0.2, -0.15) is 0 Å². The van der Waals surface area contributed by atoms with Crippen LogP contribution in [0.15, 0.2) is 0 Å². The van der Waals surface area contributed by atoms with Crippen LogP contribution < -0.4 is 0 Å². The van der Waals surface area contributed by atoms with E-state index in [1.807, 2.05) is 0 Å². The van der Waals surface area contributed by atoms with E-state index in [2.05, 4.69) is 21.7 Å². The third-order valence-corrected chi connectivity index (χ3v) is 3.60. The zero-order valence-corrected chi connectivity index (χ0v) is 12.1. The standard InChI is InChI=1S/C15H33B/c1-3-5-7-9-11-13-15(16)14-12-10-8-6-4-2/h15H,3-14,16H2,1-2H3. The van der Waals surface area contributed by atoms with Gasteiger partial charge in [-0.3, -0.25) is 0 Å². The average molecular weight is 224 g/mol. The van der Waals surface area contributed by atoms with Crippen molar-refractivity contribution in [3.63, 3.8) is 0 Å². The molecule has 0 radical (unpaired) electrons. The summed E-state index contributed by atoms with van der Waals surface area (Å²) >= 11 is 0. The highest BCUT2D eigenvalue weighted by molar-refractivity contribution is 6.11. The highest BCUT2D eigenvalue weighted by atomic mass is 14.0. The summed E-state index contributed by atoms with van der Waals surface area (Å²) in [5.74, 6) is 0.975. The summed E-state index contributed by atoms with van der Waals surface area (Å²) in [7, 11) is 2.44. The molecule has 0 spiro atoms. The lowest BCUT2D eigenvalue weighted by molar-refractivity contribution is 0.542. The van der Waals surface area contributed by atoms with Gasteiger partial charge >= 0.3 is 0 Å². The van der Waals surface area contributed by atoms with E-state index in [1.165, 1.54) is 77.0 Å². The Morgan fingerprint density at radius 2 is 1.00 bits per heavy atom. The molecule has 0 nitrogen and oxygen atoms in total. The van der Waals surface area contributed by atoms with Crippen LogP contribution in [-0.2, 0) is 0 Å². The van der Waals surface area contributed by atoms with Gasteiger partial charge in [0, 0.05) is 0 Å². The monoisotopic (exact) mass is 224 g/mol. The smallest absolute Gasteiger partial charge is 0.0697 e. The fourth-order valence-corrected chi connectivity index (χ4v) is 2.34. The molecule has 0 aliphatic rings. The minimum Gasteiger partial charge on any atom is -0.0697 e. The molecule has 0 amide bonds. The maximum Gasteiger partial charge on any atom is 0.105 e. The molecule has 0 bridgehead atoms. The van der Waals surface area contributed by atoms with Gasteiger partial charge in [-0.25, -0.2) is 0 Å². The second kappa shape index (κ2) is 13.1. The molecular weight excluding hydrogens is 191 g/mol. The molecule has 0 heterocycles. The summed E-state index contributed by atoms with van der Waals surface area (Å²) in [6.07, 6.45) is 17.3. The molecule has 0 N–H and O–H groups in total. The molecule has 0 fully saturated rings. The van der Waals surface area contributed by atoms with E-state index < -0.39 is 0 Å². The molecule has 0 rings (SSSR count). The van der Waals surface area contributed by atoms with Crippen molar-refractivity contribution in [2.75, 3.05) is 0 Å². The molecular formula is C15H33B. The predicted molar refractivity (Wildman–Crippen MR) is 79.0 cm³/mol. The highest BCUT2D eigenvalue weighted by Gasteiger charge is 2.01. The van der Waals surface area contributed by atoms with E-state index in [9.17, 15) is 0 Å². The quantitative estimate of drug-likeness (QED) is 0.318. The lowest BCUT2D eigenvalue weighted by Crippen LogP contribution is -1.93. The minimum absolute atomic E-state index is 0.975. The van der Waals surface area contributed by atoms with Crippen molar-refractivity contribution in [3.8, 4) is 0 Å². The average Bonchev–Trinajstić information content (AvgIpc) is 2.28. The van der Waals surface area contributed by atoms with Crippen LogP contribution in [0.3, 0.4) is 0 Å². The van der Waals surface area contributed by atoms with Crippen molar-refractivity contribution >= 4 is 7.85 Å². The summed E-state index contributed by atoms with van der Waals surface area (Å²) in [6, 6.07) is 0. The Morgan fingerprint density at radius 1 is 0.625 bits per heavy atom.